The molecule has 3 aromatic rings. The maximum Gasteiger partial charge on any atom is 0.341 e. The van der Waals surface area contributed by atoms with Gasteiger partial charge in [-0.1, -0.05) is 37.3 Å². The summed E-state index contributed by atoms with van der Waals surface area (Å²) in [6.45, 7) is 6.68. The summed E-state index contributed by atoms with van der Waals surface area (Å²) >= 11 is 0. The number of para-hydroxylation sites is 3. The Kier molecular flexibility index (Phi) is 5.91. The number of pyridine rings is 1. The highest BCUT2D eigenvalue weighted by atomic mass is 16.5. The van der Waals surface area contributed by atoms with Gasteiger partial charge in [-0.25, -0.2) is 4.79 Å². The lowest BCUT2D eigenvalue weighted by atomic mass is 10.0. The molecule has 0 unspecified atom stereocenters. The van der Waals surface area contributed by atoms with Gasteiger partial charge in [0, 0.05) is 11.6 Å². The largest absolute Gasteiger partial charge is 0.492 e. The summed E-state index contributed by atoms with van der Waals surface area (Å²) in [6.07, 6.45) is 2.45. The number of fused-ring (bicyclic) bond motifs is 1. The Hall–Kier alpha value is -3.08. The van der Waals surface area contributed by atoms with Crippen molar-refractivity contribution in [1.82, 2.24) is 4.98 Å². The maximum absolute atomic E-state index is 12.5. The number of ether oxygens (including phenoxy) is 2. The first kappa shape index (κ1) is 18.7. The van der Waals surface area contributed by atoms with Gasteiger partial charge in [-0.2, -0.15) is 0 Å². The van der Waals surface area contributed by atoms with Crippen molar-refractivity contribution >= 4 is 28.2 Å². The van der Waals surface area contributed by atoms with Gasteiger partial charge in [0.2, 0.25) is 0 Å². The molecule has 3 rings (SSSR count). The van der Waals surface area contributed by atoms with E-state index in [0.717, 1.165) is 34.3 Å². The predicted molar refractivity (Wildman–Crippen MR) is 108 cm³/mol. The van der Waals surface area contributed by atoms with Crippen molar-refractivity contribution in [2.24, 2.45) is 0 Å². The van der Waals surface area contributed by atoms with Crippen LogP contribution in [0.5, 0.6) is 5.75 Å². The topological polar surface area (TPSA) is 60.5 Å². The molecule has 0 aliphatic rings. The summed E-state index contributed by atoms with van der Waals surface area (Å²) in [7, 11) is 0. The first-order valence-corrected chi connectivity index (χ1v) is 9.26. The SMILES string of the molecule is CCOC(=O)c1cnc2c(CC)cccc2c1Nc1ccccc1OCC. The predicted octanol–water partition coefficient (Wildman–Crippen LogP) is 5.12. The molecule has 0 amide bonds. The molecule has 0 aliphatic carbocycles. The van der Waals surface area contributed by atoms with E-state index in [-0.39, 0.29) is 0 Å². The second kappa shape index (κ2) is 8.54. The number of benzene rings is 2. The van der Waals surface area contributed by atoms with Crippen LogP contribution >= 0.6 is 0 Å². The molecular formula is C22H24N2O3. The van der Waals surface area contributed by atoms with Crippen LogP contribution < -0.4 is 10.1 Å². The fraction of sp³-hybridized carbons (Fsp3) is 0.273. The van der Waals surface area contributed by atoms with Gasteiger partial charge >= 0.3 is 5.97 Å². The number of hydrogen-bond acceptors (Lipinski definition) is 5. The van der Waals surface area contributed by atoms with E-state index >= 15 is 0 Å². The van der Waals surface area contributed by atoms with Crippen molar-refractivity contribution in [3.05, 3.63) is 59.8 Å². The Bertz CT molecular complexity index is 953. The Balaban J connectivity index is 2.19. The molecule has 2 aromatic carbocycles. The summed E-state index contributed by atoms with van der Waals surface area (Å²) in [4.78, 5) is 17.1. The minimum absolute atomic E-state index is 0.306. The molecule has 0 saturated carbocycles. The lowest BCUT2D eigenvalue weighted by molar-refractivity contribution is 0.0527. The highest BCUT2D eigenvalue weighted by Gasteiger charge is 2.19. The quantitative estimate of drug-likeness (QED) is 0.590. The first-order chi connectivity index (χ1) is 13.2. The minimum Gasteiger partial charge on any atom is -0.492 e. The third-order valence-electron chi connectivity index (χ3n) is 4.30. The Labute approximate surface area is 159 Å². The van der Waals surface area contributed by atoms with Gasteiger partial charge < -0.3 is 14.8 Å². The van der Waals surface area contributed by atoms with Gasteiger partial charge in [-0.05, 0) is 38.0 Å². The van der Waals surface area contributed by atoms with E-state index < -0.39 is 5.97 Å². The van der Waals surface area contributed by atoms with Crippen LogP contribution in [-0.4, -0.2) is 24.2 Å². The van der Waals surface area contributed by atoms with E-state index in [9.17, 15) is 4.79 Å². The number of nitrogens with one attached hydrogen (secondary N) is 1. The number of carbonyl (C=O) groups is 1. The molecule has 0 radical (unpaired) electrons. The number of aromatic nitrogens is 1. The zero-order chi connectivity index (χ0) is 19.2. The minimum atomic E-state index is -0.398. The third-order valence-corrected chi connectivity index (χ3v) is 4.30. The zero-order valence-electron chi connectivity index (χ0n) is 15.9. The normalized spacial score (nSPS) is 10.6. The number of hydrogen-bond donors (Lipinski definition) is 1. The Morgan fingerprint density at radius 3 is 2.59 bits per heavy atom. The van der Waals surface area contributed by atoms with E-state index in [2.05, 4.69) is 23.3 Å². The molecular weight excluding hydrogens is 340 g/mol. The highest BCUT2D eigenvalue weighted by molar-refractivity contribution is 6.06. The number of esters is 1. The first-order valence-electron chi connectivity index (χ1n) is 9.26. The van der Waals surface area contributed by atoms with Crippen LogP contribution in [0.4, 0.5) is 11.4 Å². The van der Waals surface area contributed by atoms with E-state index in [0.29, 0.717) is 24.5 Å². The maximum atomic E-state index is 12.5. The molecule has 140 valence electrons. The summed E-state index contributed by atoms with van der Waals surface area (Å²) < 4.78 is 11.0. The lowest BCUT2D eigenvalue weighted by Crippen LogP contribution is -2.10. The molecule has 1 aromatic heterocycles. The van der Waals surface area contributed by atoms with E-state index in [1.807, 2.05) is 43.3 Å². The van der Waals surface area contributed by atoms with Gasteiger partial charge in [-0.3, -0.25) is 4.98 Å². The van der Waals surface area contributed by atoms with Crippen LogP contribution in [0.3, 0.4) is 0 Å². The average molecular weight is 364 g/mol. The van der Waals surface area contributed by atoms with E-state index in [1.54, 1.807) is 13.1 Å². The fourth-order valence-electron chi connectivity index (χ4n) is 3.05. The van der Waals surface area contributed by atoms with Crippen LogP contribution in [0, 0.1) is 0 Å². The van der Waals surface area contributed by atoms with Gasteiger partial charge in [0.1, 0.15) is 11.3 Å². The van der Waals surface area contributed by atoms with Crippen LogP contribution in [0.2, 0.25) is 0 Å². The summed E-state index contributed by atoms with van der Waals surface area (Å²) in [5.74, 6) is 0.330. The second-order valence-corrected chi connectivity index (χ2v) is 5.99. The Morgan fingerprint density at radius 1 is 1.04 bits per heavy atom. The molecule has 0 bridgehead atoms. The molecule has 27 heavy (non-hydrogen) atoms. The summed E-state index contributed by atoms with van der Waals surface area (Å²) in [6, 6.07) is 13.7. The molecule has 0 aliphatic heterocycles. The second-order valence-electron chi connectivity index (χ2n) is 5.99. The number of anilines is 2. The number of aryl methyl sites for hydroxylation is 1. The molecule has 0 saturated heterocycles. The molecule has 1 N–H and O–H groups in total. The van der Waals surface area contributed by atoms with Gasteiger partial charge in [0.15, 0.2) is 0 Å². The molecule has 1 heterocycles. The monoisotopic (exact) mass is 364 g/mol. The summed E-state index contributed by atoms with van der Waals surface area (Å²) in [5, 5.41) is 4.27. The van der Waals surface area contributed by atoms with Crippen molar-refractivity contribution < 1.29 is 14.3 Å². The van der Waals surface area contributed by atoms with Gasteiger partial charge in [0.25, 0.3) is 0 Å². The number of carbonyl (C=O) groups excluding carboxylic acids is 1. The van der Waals surface area contributed by atoms with Crippen LogP contribution in [0.1, 0.15) is 36.7 Å². The average Bonchev–Trinajstić information content (AvgIpc) is 2.69. The third kappa shape index (κ3) is 3.87. The van der Waals surface area contributed by atoms with Crippen LogP contribution in [0.25, 0.3) is 10.9 Å². The number of nitrogens with zero attached hydrogens (tertiary/aromatic N) is 1. The number of rotatable bonds is 7. The highest BCUT2D eigenvalue weighted by Crippen LogP contribution is 2.34. The van der Waals surface area contributed by atoms with E-state index in [4.69, 9.17) is 9.47 Å². The molecule has 0 fully saturated rings. The van der Waals surface area contributed by atoms with Gasteiger partial charge in [-0.15, -0.1) is 0 Å². The van der Waals surface area contributed by atoms with Crippen LogP contribution in [0.15, 0.2) is 48.7 Å². The smallest absolute Gasteiger partial charge is 0.341 e. The van der Waals surface area contributed by atoms with Gasteiger partial charge in [0.05, 0.1) is 30.1 Å². The molecule has 5 heteroatoms. The fourth-order valence-corrected chi connectivity index (χ4v) is 3.05. The van der Waals surface area contributed by atoms with Crippen molar-refractivity contribution in [2.75, 3.05) is 18.5 Å². The van der Waals surface area contributed by atoms with Crippen molar-refractivity contribution in [3.63, 3.8) is 0 Å². The zero-order valence-corrected chi connectivity index (χ0v) is 15.9. The molecule has 0 atom stereocenters. The van der Waals surface area contributed by atoms with Crippen molar-refractivity contribution in [3.8, 4) is 5.75 Å². The molecule has 5 nitrogen and oxygen atoms in total. The lowest BCUT2D eigenvalue weighted by Gasteiger charge is -2.17. The Morgan fingerprint density at radius 2 is 1.85 bits per heavy atom. The molecule has 0 spiro atoms. The van der Waals surface area contributed by atoms with Crippen molar-refractivity contribution in [1.29, 1.82) is 0 Å². The summed E-state index contributed by atoms with van der Waals surface area (Å²) in [5.41, 5.74) is 3.89. The van der Waals surface area contributed by atoms with Crippen molar-refractivity contribution in [2.45, 2.75) is 27.2 Å². The van der Waals surface area contributed by atoms with Crippen LogP contribution in [-0.2, 0) is 11.2 Å². The van der Waals surface area contributed by atoms with E-state index in [1.165, 1.54) is 0 Å². The standard InChI is InChI=1S/C22H24N2O3/c1-4-15-10-9-11-16-20(15)23-14-17(22(25)27-6-3)21(16)24-18-12-7-8-13-19(18)26-5-2/h7-14H,4-6H2,1-3H3,(H,23,24).